The van der Waals surface area contributed by atoms with Crippen molar-refractivity contribution < 1.29 is 0 Å². The maximum atomic E-state index is 3.75. The zero-order valence-electron chi connectivity index (χ0n) is 6.22. The molecule has 0 aromatic rings. The summed E-state index contributed by atoms with van der Waals surface area (Å²) in [5.74, 6) is 1.85. The van der Waals surface area contributed by atoms with Crippen molar-refractivity contribution in [3.8, 4) is 0 Å². The zero-order valence-corrected chi connectivity index (χ0v) is 6.22. The van der Waals surface area contributed by atoms with Crippen LogP contribution in [0.4, 0.5) is 0 Å². The van der Waals surface area contributed by atoms with Crippen molar-refractivity contribution in [2.45, 2.75) is 12.8 Å². The Labute approximate surface area is 62.9 Å². The van der Waals surface area contributed by atoms with Gasteiger partial charge in [0.1, 0.15) is 0 Å². The molecule has 0 unspecified atom stereocenters. The van der Waals surface area contributed by atoms with E-state index >= 15 is 0 Å². The van der Waals surface area contributed by atoms with Gasteiger partial charge in [-0.25, -0.2) is 0 Å². The first-order chi connectivity index (χ1) is 4.88. The molecule has 0 N–H and O–H groups in total. The molecule has 0 bridgehead atoms. The highest BCUT2D eigenvalue weighted by molar-refractivity contribution is 5.25. The van der Waals surface area contributed by atoms with Gasteiger partial charge in [0.15, 0.2) is 0 Å². The van der Waals surface area contributed by atoms with Gasteiger partial charge in [-0.15, -0.1) is 13.2 Å². The van der Waals surface area contributed by atoms with Gasteiger partial charge in [0.05, 0.1) is 0 Å². The minimum absolute atomic E-state index is 0.402. The lowest BCUT2D eigenvalue weighted by Gasteiger charge is -2.11. The van der Waals surface area contributed by atoms with E-state index in [1.54, 1.807) is 0 Å². The molecule has 0 aliphatic heterocycles. The molecule has 1 rings (SSSR count). The summed E-state index contributed by atoms with van der Waals surface area (Å²) in [6, 6.07) is 0. The van der Waals surface area contributed by atoms with Gasteiger partial charge in [-0.3, -0.25) is 0 Å². The molecule has 0 atom stereocenters. The minimum atomic E-state index is 0.402. The van der Waals surface area contributed by atoms with Crippen LogP contribution in [-0.2, 0) is 0 Å². The van der Waals surface area contributed by atoms with E-state index < -0.39 is 0 Å². The predicted molar refractivity (Wildman–Crippen MR) is 45.5 cm³/mol. The fraction of sp³-hybridized carbons (Fsp3) is 0.300. The van der Waals surface area contributed by atoms with Gasteiger partial charge in [0, 0.05) is 11.8 Å². The van der Waals surface area contributed by atoms with Crippen LogP contribution in [0.5, 0.6) is 0 Å². The number of hydrogen-bond acceptors (Lipinski definition) is 0. The first-order valence-corrected chi connectivity index (χ1v) is 3.66. The van der Waals surface area contributed by atoms with Crippen LogP contribution in [0, 0.1) is 11.8 Å². The number of allylic oxidation sites excluding steroid dienone is 4. The molecule has 0 fully saturated rings. The SMILES string of the molecule is C=CC(C=C)[C]1C=CCC1. The van der Waals surface area contributed by atoms with Crippen molar-refractivity contribution in [2.75, 3.05) is 0 Å². The second kappa shape index (κ2) is 3.40. The number of rotatable bonds is 3. The lowest BCUT2D eigenvalue weighted by Crippen LogP contribution is -2.01. The molecule has 0 aromatic heterocycles. The quantitative estimate of drug-likeness (QED) is 0.519. The van der Waals surface area contributed by atoms with Crippen molar-refractivity contribution in [1.82, 2.24) is 0 Å². The van der Waals surface area contributed by atoms with E-state index in [1.165, 1.54) is 18.8 Å². The van der Waals surface area contributed by atoms with E-state index in [9.17, 15) is 0 Å². The topological polar surface area (TPSA) is 0 Å². The van der Waals surface area contributed by atoms with Gasteiger partial charge < -0.3 is 0 Å². The number of hydrogen-bond donors (Lipinski definition) is 0. The molecule has 0 spiro atoms. The maximum absolute atomic E-state index is 3.75. The van der Waals surface area contributed by atoms with E-state index in [2.05, 4.69) is 25.3 Å². The largest absolute Gasteiger partial charge is 0.102 e. The summed E-state index contributed by atoms with van der Waals surface area (Å²) in [6.07, 6.45) is 10.6. The predicted octanol–water partition coefficient (Wildman–Crippen LogP) is 2.90. The molecule has 1 aliphatic carbocycles. The third kappa shape index (κ3) is 1.38. The fourth-order valence-electron chi connectivity index (χ4n) is 1.24. The maximum Gasteiger partial charge on any atom is 0.00815 e. The molecular weight excluding hydrogens is 120 g/mol. The summed E-state index contributed by atoms with van der Waals surface area (Å²) in [5.41, 5.74) is 0. The Kier molecular flexibility index (Phi) is 2.49. The fourth-order valence-corrected chi connectivity index (χ4v) is 1.24. The van der Waals surface area contributed by atoms with Crippen LogP contribution in [0.1, 0.15) is 12.8 Å². The van der Waals surface area contributed by atoms with Crippen LogP contribution in [0.2, 0.25) is 0 Å². The zero-order chi connectivity index (χ0) is 7.40. The third-order valence-electron chi connectivity index (χ3n) is 1.87. The van der Waals surface area contributed by atoms with E-state index in [4.69, 9.17) is 0 Å². The van der Waals surface area contributed by atoms with E-state index in [-0.39, 0.29) is 0 Å². The van der Waals surface area contributed by atoms with Crippen LogP contribution < -0.4 is 0 Å². The van der Waals surface area contributed by atoms with Crippen molar-refractivity contribution in [2.24, 2.45) is 5.92 Å². The van der Waals surface area contributed by atoms with Crippen molar-refractivity contribution in [3.63, 3.8) is 0 Å². The first kappa shape index (κ1) is 7.33. The summed E-state index contributed by atoms with van der Waals surface area (Å²) in [7, 11) is 0. The molecule has 0 aromatic carbocycles. The van der Waals surface area contributed by atoms with Crippen molar-refractivity contribution in [1.29, 1.82) is 0 Å². The summed E-state index contributed by atoms with van der Waals surface area (Å²) in [5, 5.41) is 0. The molecule has 0 heteroatoms. The van der Waals surface area contributed by atoms with Crippen molar-refractivity contribution in [3.05, 3.63) is 43.4 Å². The lowest BCUT2D eigenvalue weighted by atomic mass is 9.92. The van der Waals surface area contributed by atoms with Crippen LogP contribution in [0.3, 0.4) is 0 Å². The lowest BCUT2D eigenvalue weighted by molar-refractivity contribution is 0.789. The smallest absolute Gasteiger partial charge is 0.00815 e. The average Bonchev–Trinajstić information content (AvgIpc) is 2.43. The summed E-state index contributed by atoms with van der Waals surface area (Å²) in [6.45, 7) is 7.50. The van der Waals surface area contributed by atoms with Crippen molar-refractivity contribution >= 4 is 0 Å². The Morgan fingerprint density at radius 1 is 1.40 bits per heavy atom. The average molecular weight is 133 g/mol. The van der Waals surface area contributed by atoms with Gasteiger partial charge in [0.2, 0.25) is 0 Å². The Hall–Kier alpha value is -0.780. The monoisotopic (exact) mass is 133 g/mol. The highest BCUT2D eigenvalue weighted by Gasteiger charge is 2.15. The molecule has 1 radical (unpaired) electrons. The van der Waals surface area contributed by atoms with Crippen LogP contribution >= 0.6 is 0 Å². The molecule has 0 amide bonds. The second-order valence-corrected chi connectivity index (χ2v) is 2.51. The highest BCUT2D eigenvalue weighted by atomic mass is 14.2. The van der Waals surface area contributed by atoms with Gasteiger partial charge in [-0.05, 0) is 12.8 Å². The Morgan fingerprint density at radius 3 is 2.50 bits per heavy atom. The Morgan fingerprint density at radius 2 is 2.10 bits per heavy atom. The molecule has 1 aliphatic rings. The molecular formula is C10H13. The standard InChI is InChI=1S/C10H13/c1-3-9(4-2)10-7-5-6-8-10/h3-5,7,9H,1-2,6,8H2. The first-order valence-electron chi connectivity index (χ1n) is 3.66. The van der Waals surface area contributed by atoms with E-state index in [0.29, 0.717) is 5.92 Å². The molecule has 53 valence electrons. The molecule has 10 heavy (non-hydrogen) atoms. The van der Waals surface area contributed by atoms with Crippen LogP contribution in [-0.4, -0.2) is 0 Å². The van der Waals surface area contributed by atoms with E-state index in [1.807, 2.05) is 12.2 Å². The van der Waals surface area contributed by atoms with Gasteiger partial charge >= 0.3 is 0 Å². The highest BCUT2D eigenvalue weighted by Crippen LogP contribution is 2.28. The van der Waals surface area contributed by atoms with Gasteiger partial charge in [0.25, 0.3) is 0 Å². The molecule has 0 saturated heterocycles. The van der Waals surface area contributed by atoms with Crippen LogP contribution in [0.25, 0.3) is 0 Å². The molecule has 0 heterocycles. The molecule has 0 nitrogen and oxygen atoms in total. The van der Waals surface area contributed by atoms with E-state index in [0.717, 1.165) is 0 Å². The summed E-state index contributed by atoms with van der Waals surface area (Å²) in [4.78, 5) is 0. The second-order valence-electron chi connectivity index (χ2n) is 2.51. The summed E-state index contributed by atoms with van der Waals surface area (Å²) >= 11 is 0. The Bertz CT molecular complexity index is 145. The minimum Gasteiger partial charge on any atom is -0.102 e. The third-order valence-corrected chi connectivity index (χ3v) is 1.87. The van der Waals surface area contributed by atoms with Crippen LogP contribution in [0.15, 0.2) is 37.5 Å². The normalized spacial score (nSPS) is 18.1. The Balaban J connectivity index is 2.52. The van der Waals surface area contributed by atoms with Gasteiger partial charge in [-0.1, -0.05) is 24.3 Å². The summed E-state index contributed by atoms with van der Waals surface area (Å²) < 4.78 is 0. The molecule has 0 saturated carbocycles. The van der Waals surface area contributed by atoms with Gasteiger partial charge in [-0.2, -0.15) is 0 Å².